The summed E-state index contributed by atoms with van der Waals surface area (Å²) in [5.74, 6) is 0. The Hall–Kier alpha value is -0.120. The summed E-state index contributed by atoms with van der Waals surface area (Å²) in [7, 11) is 2.22. The lowest BCUT2D eigenvalue weighted by Crippen LogP contribution is -2.50. The van der Waals surface area contributed by atoms with Gasteiger partial charge in [0.25, 0.3) is 0 Å². The average Bonchev–Trinajstić information content (AvgIpc) is 2.26. The Balaban J connectivity index is 2.17. The molecule has 96 valence electrons. The Kier molecular flexibility index (Phi) is 5.73. The van der Waals surface area contributed by atoms with Gasteiger partial charge in [-0.25, -0.2) is 0 Å². The van der Waals surface area contributed by atoms with Gasteiger partial charge in [0.2, 0.25) is 0 Å². The summed E-state index contributed by atoms with van der Waals surface area (Å²) in [6.07, 6.45) is 0. The third-order valence-electron chi connectivity index (χ3n) is 3.79. The van der Waals surface area contributed by atoms with Crippen molar-refractivity contribution in [2.45, 2.75) is 39.8 Å². The van der Waals surface area contributed by atoms with Crippen LogP contribution >= 0.6 is 0 Å². The van der Waals surface area contributed by atoms with E-state index in [0.29, 0.717) is 12.1 Å². The normalized spacial score (nSPS) is 20.2. The predicted octanol–water partition coefficient (Wildman–Crippen LogP) is 1.35. The van der Waals surface area contributed by atoms with E-state index in [1.807, 2.05) is 0 Å². The molecule has 1 aliphatic rings. The van der Waals surface area contributed by atoms with Crippen LogP contribution in [0.25, 0.3) is 0 Å². The molecule has 1 saturated heterocycles. The zero-order valence-electron chi connectivity index (χ0n) is 11.7. The molecule has 1 aliphatic heterocycles. The quantitative estimate of drug-likeness (QED) is 0.702. The molecule has 0 unspecified atom stereocenters. The third-order valence-corrected chi connectivity index (χ3v) is 3.79. The molecular formula is C13H29N3. The van der Waals surface area contributed by atoms with Gasteiger partial charge in [-0.3, -0.25) is 9.80 Å². The van der Waals surface area contributed by atoms with Crippen LogP contribution in [0.4, 0.5) is 0 Å². The first-order valence-corrected chi connectivity index (χ1v) is 6.67. The highest BCUT2D eigenvalue weighted by Crippen LogP contribution is 2.05. The van der Waals surface area contributed by atoms with Gasteiger partial charge in [-0.2, -0.15) is 0 Å². The van der Waals surface area contributed by atoms with Gasteiger partial charge < -0.3 is 4.90 Å². The minimum atomic E-state index is 0.664. The molecule has 0 bridgehead atoms. The van der Waals surface area contributed by atoms with E-state index in [9.17, 15) is 0 Å². The number of piperazine rings is 1. The van der Waals surface area contributed by atoms with Crippen LogP contribution in [0.2, 0.25) is 0 Å². The molecule has 1 heterocycles. The molecule has 1 rings (SSSR count). The van der Waals surface area contributed by atoms with Crippen molar-refractivity contribution in [2.75, 3.05) is 46.3 Å². The van der Waals surface area contributed by atoms with E-state index in [0.717, 1.165) is 0 Å². The highest BCUT2D eigenvalue weighted by molar-refractivity contribution is 4.75. The number of rotatable bonds is 5. The fraction of sp³-hybridized carbons (Fsp3) is 1.00. The molecule has 0 saturated carbocycles. The van der Waals surface area contributed by atoms with Crippen molar-refractivity contribution in [2.24, 2.45) is 0 Å². The summed E-state index contributed by atoms with van der Waals surface area (Å²) in [5, 5.41) is 0. The van der Waals surface area contributed by atoms with Gasteiger partial charge in [0, 0.05) is 51.4 Å². The summed E-state index contributed by atoms with van der Waals surface area (Å²) in [5.41, 5.74) is 0. The maximum atomic E-state index is 2.60. The molecule has 0 aromatic heterocycles. The van der Waals surface area contributed by atoms with Crippen molar-refractivity contribution in [3.05, 3.63) is 0 Å². The minimum Gasteiger partial charge on any atom is -0.303 e. The van der Waals surface area contributed by atoms with Crippen molar-refractivity contribution < 1.29 is 0 Å². The Morgan fingerprint density at radius 3 is 2.00 bits per heavy atom. The maximum Gasteiger partial charge on any atom is 0.0113 e. The van der Waals surface area contributed by atoms with E-state index >= 15 is 0 Å². The third kappa shape index (κ3) is 4.40. The van der Waals surface area contributed by atoms with Gasteiger partial charge >= 0.3 is 0 Å². The standard InChI is InChI=1S/C13H29N3/c1-12(2)14(5)6-7-15-8-10-16(11-9-15)13(3)4/h12-13H,6-11H2,1-5H3. The topological polar surface area (TPSA) is 9.72 Å². The second-order valence-corrected chi connectivity index (χ2v) is 5.55. The van der Waals surface area contributed by atoms with Gasteiger partial charge in [0.1, 0.15) is 0 Å². The summed E-state index contributed by atoms with van der Waals surface area (Å²) in [4.78, 5) is 7.59. The zero-order chi connectivity index (χ0) is 12.1. The fourth-order valence-electron chi connectivity index (χ4n) is 2.06. The van der Waals surface area contributed by atoms with Crippen LogP contribution in [0.15, 0.2) is 0 Å². The second-order valence-electron chi connectivity index (χ2n) is 5.55. The van der Waals surface area contributed by atoms with Gasteiger partial charge in [0.05, 0.1) is 0 Å². The molecule has 0 aromatic carbocycles. The van der Waals surface area contributed by atoms with Crippen LogP contribution in [0.1, 0.15) is 27.7 Å². The van der Waals surface area contributed by atoms with Crippen molar-refractivity contribution in [3.8, 4) is 0 Å². The van der Waals surface area contributed by atoms with Crippen LogP contribution in [-0.2, 0) is 0 Å². The molecule has 0 amide bonds. The molecule has 0 aromatic rings. The Labute approximate surface area is 101 Å². The minimum absolute atomic E-state index is 0.664. The number of likely N-dealkylation sites (N-methyl/N-ethyl adjacent to an activating group) is 1. The molecule has 0 aliphatic carbocycles. The number of nitrogens with zero attached hydrogens (tertiary/aromatic N) is 3. The summed E-state index contributed by atoms with van der Waals surface area (Å²) < 4.78 is 0. The van der Waals surface area contributed by atoms with E-state index in [1.165, 1.54) is 39.3 Å². The summed E-state index contributed by atoms with van der Waals surface area (Å²) >= 11 is 0. The van der Waals surface area contributed by atoms with Crippen molar-refractivity contribution in [3.63, 3.8) is 0 Å². The number of hydrogen-bond acceptors (Lipinski definition) is 3. The van der Waals surface area contributed by atoms with E-state index in [2.05, 4.69) is 49.4 Å². The molecule has 0 radical (unpaired) electrons. The average molecular weight is 227 g/mol. The van der Waals surface area contributed by atoms with Crippen molar-refractivity contribution in [1.29, 1.82) is 0 Å². The van der Waals surface area contributed by atoms with Gasteiger partial charge in [-0.1, -0.05) is 0 Å². The maximum absolute atomic E-state index is 2.60. The largest absolute Gasteiger partial charge is 0.303 e. The van der Waals surface area contributed by atoms with Crippen LogP contribution in [0, 0.1) is 0 Å². The first-order valence-electron chi connectivity index (χ1n) is 6.67. The Morgan fingerprint density at radius 2 is 1.56 bits per heavy atom. The Bertz CT molecular complexity index is 184. The molecule has 1 fully saturated rings. The summed E-state index contributed by atoms with van der Waals surface area (Å²) in [6.45, 7) is 16.5. The molecule has 16 heavy (non-hydrogen) atoms. The molecule has 0 atom stereocenters. The first-order chi connectivity index (χ1) is 7.50. The molecule has 0 spiro atoms. The van der Waals surface area contributed by atoms with E-state index in [1.54, 1.807) is 0 Å². The van der Waals surface area contributed by atoms with Crippen LogP contribution in [0.3, 0.4) is 0 Å². The predicted molar refractivity (Wildman–Crippen MR) is 70.9 cm³/mol. The number of hydrogen-bond donors (Lipinski definition) is 0. The van der Waals surface area contributed by atoms with E-state index < -0.39 is 0 Å². The van der Waals surface area contributed by atoms with Crippen LogP contribution in [-0.4, -0.2) is 73.1 Å². The molecular weight excluding hydrogens is 198 g/mol. The molecule has 3 nitrogen and oxygen atoms in total. The molecule has 0 N–H and O–H groups in total. The monoisotopic (exact) mass is 227 g/mol. The first kappa shape index (κ1) is 13.9. The van der Waals surface area contributed by atoms with Gasteiger partial charge in [0.15, 0.2) is 0 Å². The van der Waals surface area contributed by atoms with Crippen molar-refractivity contribution >= 4 is 0 Å². The highest BCUT2D eigenvalue weighted by Gasteiger charge is 2.18. The lowest BCUT2D eigenvalue weighted by atomic mass is 10.2. The fourth-order valence-corrected chi connectivity index (χ4v) is 2.06. The Morgan fingerprint density at radius 1 is 1.00 bits per heavy atom. The highest BCUT2D eigenvalue weighted by atomic mass is 15.3. The van der Waals surface area contributed by atoms with E-state index in [4.69, 9.17) is 0 Å². The van der Waals surface area contributed by atoms with E-state index in [-0.39, 0.29) is 0 Å². The van der Waals surface area contributed by atoms with Crippen LogP contribution < -0.4 is 0 Å². The van der Waals surface area contributed by atoms with Gasteiger partial charge in [-0.05, 0) is 34.7 Å². The second kappa shape index (κ2) is 6.58. The smallest absolute Gasteiger partial charge is 0.0113 e. The van der Waals surface area contributed by atoms with Crippen molar-refractivity contribution in [1.82, 2.24) is 14.7 Å². The summed E-state index contributed by atoms with van der Waals surface area (Å²) in [6, 6.07) is 1.37. The van der Waals surface area contributed by atoms with Crippen LogP contribution in [0.5, 0.6) is 0 Å². The molecule has 3 heteroatoms. The SMILES string of the molecule is CC(C)N(C)CCN1CCN(C(C)C)CC1. The lowest BCUT2D eigenvalue weighted by molar-refractivity contribution is 0.0983. The van der Waals surface area contributed by atoms with Gasteiger partial charge in [-0.15, -0.1) is 0 Å². The lowest BCUT2D eigenvalue weighted by Gasteiger charge is -2.37. The zero-order valence-corrected chi connectivity index (χ0v) is 11.7.